The first-order valence-electron chi connectivity index (χ1n) is 6.15. The van der Waals surface area contributed by atoms with Gasteiger partial charge in [0, 0.05) is 23.3 Å². The normalized spacial score (nSPS) is 10.7. The van der Waals surface area contributed by atoms with Gasteiger partial charge < -0.3 is 5.32 Å². The van der Waals surface area contributed by atoms with E-state index in [9.17, 15) is 0 Å². The number of benzene rings is 1. The lowest BCUT2D eigenvalue weighted by Gasteiger charge is -2.07. The van der Waals surface area contributed by atoms with Crippen LogP contribution in [0.5, 0.6) is 0 Å². The predicted octanol–water partition coefficient (Wildman–Crippen LogP) is 3.70. The molecule has 0 saturated heterocycles. The molecule has 1 heterocycles. The van der Waals surface area contributed by atoms with Crippen molar-refractivity contribution in [3.05, 3.63) is 46.7 Å². The summed E-state index contributed by atoms with van der Waals surface area (Å²) in [6.45, 7) is 5.82. The van der Waals surface area contributed by atoms with Gasteiger partial charge in [0.25, 0.3) is 0 Å². The lowest BCUT2D eigenvalue weighted by Crippen LogP contribution is -2.11. The van der Waals surface area contributed by atoms with Crippen molar-refractivity contribution in [1.29, 1.82) is 0 Å². The third-order valence-corrected chi connectivity index (χ3v) is 3.93. The van der Waals surface area contributed by atoms with Gasteiger partial charge >= 0.3 is 0 Å². The van der Waals surface area contributed by atoms with E-state index >= 15 is 0 Å². The first kappa shape index (κ1) is 14.3. The van der Waals surface area contributed by atoms with Crippen LogP contribution in [-0.4, -0.2) is 16.5 Å². The molecule has 0 bridgehead atoms. The highest BCUT2D eigenvalue weighted by atomic mass is 35.5. The van der Waals surface area contributed by atoms with E-state index in [2.05, 4.69) is 28.3 Å². The molecule has 1 aromatic carbocycles. The number of aromatic nitrogens is 2. The molecule has 2 rings (SSSR count). The maximum absolute atomic E-state index is 6.29. The van der Waals surface area contributed by atoms with E-state index in [4.69, 9.17) is 11.6 Å². The number of aryl methyl sites for hydroxylation is 1. The van der Waals surface area contributed by atoms with E-state index in [0.717, 1.165) is 33.9 Å². The molecule has 0 fully saturated rings. The Morgan fingerprint density at radius 1 is 1.32 bits per heavy atom. The molecule has 0 atom stereocenters. The van der Waals surface area contributed by atoms with Crippen LogP contribution in [0.25, 0.3) is 0 Å². The predicted molar refractivity (Wildman–Crippen MR) is 79.7 cm³/mol. The maximum atomic E-state index is 6.29. The molecule has 0 saturated carbocycles. The Bertz CT molecular complexity index is 560. The summed E-state index contributed by atoms with van der Waals surface area (Å²) in [6, 6.07) is 7.96. The average Bonchev–Trinajstić information content (AvgIpc) is 2.39. The lowest BCUT2D eigenvalue weighted by atomic mass is 10.2. The first-order valence-corrected chi connectivity index (χ1v) is 7.35. The minimum atomic E-state index is 0.723. The van der Waals surface area contributed by atoms with Crippen LogP contribution in [0.15, 0.2) is 40.5 Å². The van der Waals surface area contributed by atoms with Crippen molar-refractivity contribution in [3.8, 4) is 0 Å². The molecule has 0 amide bonds. The second kappa shape index (κ2) is 6.89. The molecule has 0 aliphatic heterocycles. The molecule has 19 heavy (non-hydrogen) atoms. The number of hydrogen-bond acceptors (Lipinski definition) is 4. The fraction of sp³-hybridized carbons (Fsp3) is 0.286. The first-order chi connectivity index (χ1) is 9.19. The van der Waals surface area contributed by atoms with Gasteiger partial charge in [-0.3, -0.25) is 0 Å². The summed E-state index contributed by atoms with van der Waals surface area (Å²) in [5, 5.41) is 4.74. The van der Waals surface area contributed by atoms with E-state index in [1.54, 1.807) is 6.20 Å². The third-order valence-electron chi connectivity index (χ3n) is 2.55. The zero-order valence-electron chi connectivity index (χ0n) is 11.0. The smallest absolute Gasteiger partial charge is 0.192 e. The van der Waals surface area contributed by atoms with Crippen LogP contribution >= 0.6 is 23.4 Å². The summed E-state index contributed by atoms with van der Waals surface area (Å²) in [4.78, 5) is 9.57. The second-order valence-corrected chi connectivity index (χ2v) is 5.54. The largest absolute Gasteiger partial charge is 0.313 e. The van der Waals surface area contributed by atoms with Gasteiger partial charge in [0.2, 0.25) is 0 Å². The van der Waals surface area contributed by atoms with E-state index in [1.807, 2.05) is 25.1 Å². The third kappa shape index (κ3) is 4.20. The Labute approximate surface area is 122 Å². The molecular formula is C14H16ClN3S. The van der Waals surface area contributed by atoms with Crippen molar-refractivity contribution in [2.45, 2.75) is 30.4 Å². The van der Waals surface area contributed by atoms with Crippen molar-refractivity contribution >= 4 is 23.4 Å². The molecule has 0 spiro atoms. The van der Waals surface area contributed by atoms with Gasteiger partial charge in [0.15, 0.2) is 5.16 Å². The van der Waals surface area contributed by atoms with Gasteiger partial charge in [-0.2, -0.15) is 0 Å². The number of rotatable bonds is 5. The highest BCUT2D eigenvalue weighted by Gasteiger charge is 2.06. The minimum absolute atomic E-state index is 0.723. The van der Waals surface area contributed by atoms with Crippen molar-refractivity contribution in [1.82, 2.24) is 15.3 Å². The molecule has 5 heteroatoms. The lowest BCUT2D eigenvalue weighted by molar-refractivity contribution is 0.726. The highest BCUT2D eigenvalue weighted by Crippen LogP contribution is 2.31. The van der Waals surface area contributed by atoms with Crippen LogP contribution in [0.4, 0.5) is 0 Å². The molecule has 1 N–H and O–H groups in total. The Morgan fingerprint density at radius 3 is 2.84 bits per heavy atom. The SMILES string of the molecule is CCNCc1ccc(Sc2nccc(C)n2)c(Cl)c1. The molecule has 0 aliphatic rings. The van der Waals surface area contributed by atoms with Crippen LogP contribution in [0.2, 0.25) is 5.02 Å². The van der Waals surface area contributed by atoms with Crippen molar-refractivity contribution < 1.29 is 0 Å². The summed E-state index contributed by atoms with van der Waals surface area (Å²) in [5.74, 6) is 0. The van der Waals surface area contributed by atoms with Crippen molar-refractivity contribution in [2.75, 3.05) is 6.54 Å². The highest BCUT2D eigenvalue weighted by molar-refractivity contribution is 7.99. The van der Waals surface area contributed by atoms with E-state index in [0.29, 0.717) is 0 Å². The van der Waals surface area contributed by atoms with Crippen LogP contribution < -0.4 is 5.32 Å². The monoisotopic (exact) mass is 293 g/mol. The fourth-order valence-electron chi connectivity index (χ4n) is 1.58. The Hall–Kier alpha value is -1.10. The van der Waals surface area contributed by atoms with Crippen LogP contribution in [0.3, 0.4) is 0 Å². The number of halogens is 1. The minimum Gasteiger partial charge on any atom is -0.313 e. The molecule has 3 nitrogen and oxygen atoms in total. The molecule has 2 aromatic rings. The van der Waals surface area contributed by atoms with Gasteiger partial charge in [0.05, 0.1) is 5.02 Å². The molecule has 0 aliphatic carbocycles. The van der Waals surface area contributed by atoms with Gasteiger partial charge in [-0.1, -0.05) is 24.6 Å². The van der Waals surface area contributed by atoms with E-state index in [-0.39, 0.29) is 0 Å². The topological polar surface area (TPSA) is 37.8 Å². The Kier molecular flexibility index (Phi) is 5.19. The Balaban J connectivity index is 2.13. The molecule has 1 aromatic heterocycles. The summed E-state index contributed by atoms with van der Waals surface area (Å²) < 4.78 is 0. The van der Waals surface area contributed by atoms with E-state index in [1.165, 1.54) is 17.3 Å². The molecule has 0 unspecified atom stereocenters. The maximum Gasteiger partial charge on any atom is 0.192 e. The molecule has 0 radical (unpaired) electrons. The molecular weight excluding hydrogens is 278 g/mol. The van der Waals surface area contributed by atoms with Crippen LogP contribution in [0.1, 0.15) is 18.2 Å². The number of nitrogens with zero attached hydrogens (tertiary/aromatic N) is 2. The number of nitrogens with one attached hydrogen (secondary N) is 1. The summed E-state index contributed by atoms with van der Waals surface area (Å²) in [5.41, 5.74) is 2.14. The fourth-order valence-corrected chi connectivity index (χ4v) is 2.69. The second-order valence-electron chi connectivity index (χ2n) is 4.13. The quantitative estimate of drug-likeness (QED) is 0.853. The van der Waals surface area contributed by atoms with Crippen molar-refractivity contribution in [2.24, 2.45) is 0 Å². The van der Waals surface area contributed by atoms with E-state index < -0.39 is 0 Å². The standard InChI is InChI=1S/C14H16ClN3S/c1-3-16-9-11-4-5-13(12(15)8-11)19-14-17-7-6-10(2)18-14/h4-8,16H,3,9H2,1-2H3. The number of hydrogen-bond donors (Lipinski definition) is 1. The summed E-state index contributed by atoms with van der Waals surface area (Å²) >= 11 is 7.78. The van der Waals surface area contributed by atoms with Gasteiger partial charge in [-0.25, -0.2) is 9.97 Å². The van der Waals surface area contributed by atoms with Gasteiger partial charge in [-0.05, 0) is 49.0 Å². The Morgan fingerprint density at radius 2 is 2.16 bits per heavy atom. The van der Waals surface area contributed by atoms with Crippen molar-refractivity contribution in [3.63, 3.8) is 0 Å². The summed E-state index contributed by atoms with van der Waals surface area (Å²) in [7, 11) is 0. The zero-order valence-corrected chi connectivity index (χ0v) is 12.6. The average molecular weight is 294 g/mol. The van der Waals surface area contributed by atoms with Gasteiger partial charge in [-0.15, -0.1) is 0 Å². The zero-order chi connectivity index (χ0) is 13.7. The van der Waals surface area contributed by atoms with Gasteiger partial charge in [0.1, 0.15) is 0 Å². The summed E-state index contributed by atoms with van der Waals surface area (Å²) in [6.07, 6.45) is 1.76. The molecule has 100 valence electrons. The van der Waals surface area contributed by atoms with Crippen LogP contribution in [0, 0.1) is 6.92 Å². The van der Waals surface area contributed by atoms with Crippen LogP contribution in [-0.2, 0) is 6.54 Å².